The Kier molecular flexibility index (Phi) is 4.90. The molecule has 0 spiro atoms. The summed E-state index contributed by atoms with van der Waals surface area (Å²) in [5.41, 5.74) is 1.06. The van der Waals surface area contributed by atoms with Gasteiger partial charge in [0.25, 0.3) is 0 Å². The van der Waals surface area contributed by atoms with Crippen LogP contribution in [0, 0.1) is 11.7 Å². The van der Waals surface area contributed by atoms with E-state index < -0.39 is 0 Å². The van der Waals surface area contributed by atoms with E-state index in [2.05, 4.69) is 18.7 Å². The van der Waals surface area contributed by atoms with E-state index in [1.165, 1.54) is 12.1 Å². The summed E-state index contributed by atoms with van der Waals surface area (Å²) in [5.74, 6) is 0.185. The molecule has 0 amide bonds. The highest BCUT2D eigenvalue weighted by Crippen LogP contribution is 2.12. The lowest BCUT2D eigenvalue weighted by atomic mass is 10.0. The third kappa shape index (κ3) is 3.58. The monoisotopic (exact) mass is 225 g/mol. The van der Waals surface area contributed by atoms with Gasteiger partial charge in [0.2, 0.25) is 0 Å². The average molecular weight is 225 g/mol. The molecule has 0 aliphatic carbocycles. The Labute approximate surface area is 96.7 Å². The summed E-state index contributed by atoms with van der Waals surface area (Å²) in [6.07, 6.45) is 0. The summed E-state index contributed by atoms with van der Waals surface area (Å²) in [5, 5.41) is 9.29. The van der Waals surface area contributed by atoms with Crippen LogP contribution in [0.25, 0.3) is 0 Å². The number of aliphatic hydroxyl groups is 1. The second-order valence-electron chi connectivity index (χ2n) is 4.54. The molecule has 0 saturated heterocycles. The van der Waals surface area contributed by atoms with E-state index in [4.69, 9.17) is 0 Å². The Bertz CT molecular complexity index is 310. The van der Waals surface area contributed by atoms with Gasteiger partial charge in [-0.2, -0.15) is 0 Å². The molecule has 1 rings (SSSR count). The summed E-state index contributed by atoms with van der Waals surface area (Å²) in [6.45, 7) is 5.04. The molecular weight excluding hydrogens is 205 g/mol. The Hall–Kier alpha value is -0.930. The van der Waals surface area contributed by atoms with Crippen LogP contribution in [0.5, 0.6) is 0 Å². The highest BCUT2D eigenvalue weighted by molar-refractivity contribution is 5.15. The molecule has 1 unspecified atom stereocenters. The van der Waals surface area contributed by atoms with Crippen LogP contribution in [0.2, 0.25) is 0 Å². The molecule has 0 aliphatic heterocycles. The fourth-order valence-corrected chi connectivity index (χ4v) is 1.85. The molecule has 90 valence electrons. The number of hydrogen-bond acceptors (Lipinski definition) is 2. The maximum Gasteiger partial charge on any atom is 0.123 e. The molecule has 1 aromatic carbocycles. The minimum absolute atomic E-state index is 0.144. The van der Waals surface area contributed by atoms with Crippen molar-refractivity contribution >= 4 is 0 Å². The molecule has 0 aliphatic rings. The fourth-order valence-electron chi connectivity index (χ4n) is 1.85. The number of benzene rings is 1. The van der Waals surface area contributed by atoms with Crippen LogP contribution in [0.15, 0.2) is 24.3 Å². The zero-order chi connectivity index (χ0) is 12.1. The summed E-state index contributed by atoms with van der Waals surface area (Å²) < 4.78 is 12.7. The number of rotatable bonds is 5. The van der Waals surface area contributed by atoms with Crippen molar-refractivity contribution in [1.29, 1.82) is 0 Å². The minimum Gasteiger partial charge on any atom is -0.395 e. The van der Waals surface area contributed by atoms with E-state index in [-0.39, 0.29) is 18.5 Å². The van der Waals surface area contributed by atoms with Crippen LogP contribution in [-0.2, 0) is 6.54 Å². The van der Waals surface area contributed by atoms with Crippen LogP contribution < -0.4 is 0 Å². The van der Waals surface area contributed by atoms with E-state index in [0.29, 0.717) is 5.92 Å². The van der Waals surface area contributed by atoms with Crippen LogP contribution in [0.1, 0.15) is 19.4 Å². The first-order chi connectivity index (χ1) is 7.54. The highest BCUT2D eigenvalue weighted by atomic mass is 19.1. The van der Waals surface area contributed by atoms with Crippen molar-refractivity contribution in [3.63, 3.8) is 0 Å². The van der Waals surface area contributed by atoms with E-state index in [9.17, 15) is 9.50 Å². The van der Waals surface area contributed by atoms with Crippen LogP contribution in [0.4, 0.5) is 4.39 Å². The Morgan fingerprint density at radius 1 is 1.25 bits per heavy atom. The van der Waals surface area contributed by atoms with Gasteiger partial charge in [-0.15, -0.1) is 0 Å². The summed E-state index contributed by atoms with van der Waals surface area (Å²) >= 11 is 0. The van der Waals surface area contributed by atoms with Crippen molar-refractivity contribution in [1.82, 2.24) is 4.90 Å². The fraction of sp³-hybridized carbons (Fsp3) is 0.538. The number of likely N-dealkylation sites (N-methyl/N-ethyl adjacent to an activating group) is 1. The number of halogens is 1. The third-order valence-corrected chi connectivity index (χ3v) is 2.87. The van der Waals surface area contributed by atoms with Gasteiger partial charge in [0.1, 0.15) is 5.82 Å². The molecule has 0 bridgehead atoms. The first kappa shape index (κ1) is 13.1. The molecule has 1 atom stereocenters. The van der Waals surface area contributed by atoms with E-state index in [0.717, 1.165) is 12.1 Å². The first-order valence-corrected chi connectivity index (χ1v) is 5.60. The minimum atomic E-state index is -0.214. The van der Waals surface area contributed by atoms with E-state index >= 15 is 0 Å². The zero-order valence-electron chi connectivity index (χ0n) is 10.2. The lowest BCUT2D eigenvalue weighted by Gasteiger charge is -2.29. The van der Waals surface area contributed by atoms with Crippen molar-refractivity contribution in [2.24, 2.45) is 5.92 Å². The van der Waals surface area contributed by atoms with Crippen molar-refractivity contribution in [2.45, 2.75) is 26.4 Å². The summed E-state index contributed by atoms with van der Waals surface area (Å²) in [4.78, 5) is 2.10. The standard InChI is InChI=1S/C13H20FNO/c1-10(2)13(9-16)15(3)8-11-4-6-12(14)7-5-11/h4-7,10,13,16H,8-9H2,1-3H3. The van der Waals surface area contributed by atoms with Crippen LogP contribution in [0.3, 0.4) is 0 Å². The predicted molar refractivity (Wildman–Crippen MR) is 63.6 cm³/mol. The second-order valence-corrected chi connectivity index (χ2v) is 4.54. The highest BCUT2D eigenvalue weighted by Gasteiger charge is 2.17. The predicted octanol–water partition coefficient (Wildman–Crippen LogP) is 2.27. The quantitative estimate of drug-likeness (QED) is 0.831. The van der Waals surface area contributed by atoms with Gasteiger partial charge in [0, 0.05) is 12.6 Å². The molecule has 1 aromatic rings. The molecule has 2 nitrogen and oxygen atoms in total. The molecule has 0 aromatic heterocycles. The molecule has 3 heteroatoms. The molecule has 1 N–H and O–H groups in total. The summed E-state index contributed by atoms with van der Waals surface area (Å²) in [6, 6.07) is 6.63. The van der Waals surface area contributed by atoms with Gasteiger partial charge in [0.15, 0.2) is 0 Å². The first-order valence-electron chi connectivity index (χ1n) is 5.60. The van der Waals surface area contributed by atoms with Crippen molar-refractivity contribution in [3.05, 3.63) is 35.6 Å². The largest absolute Gasteiger partial charge is 0.395 e. The summed E-state index contributed by atoms with van der Waals surface area (Å²) in [7, 11) is 1.98. The van der Waals surface area contributed by atoms with Crippen molar-refractivity contribution in [3.8, 4) is 0 Å². The van der Waals surface area contributed by atoms with Gasteiger partial charge in [-0.3, -0.25) is 4.90 Å². The third-order valence-electron chi connectivity index (χ3n) is 2.87. The molecule has 0 saturated carbocycles. The Morgan fingerprint density at radius 3 is 2.25 bits per heavy atom. The molecule has 16 heavy (non-hydrogen) atoms. The number of nitrogens with zero attached hydrogens (tertiary/aromatic N) is 1. The van der Waals surface area contributed by atoms with E-state index in [1.54, 1.807) is 12.1 Å². The Morgan fingerprint density at radius 2 is 1.81 bits per heavy atom. The van der Waals surface area contributed by atoms with Crippen LogP contribution in [-0.4, -0.2) is 29.7 Å². The zero-order valence-corrected chi connectivity index (χ0v) is 10.2. The smallest absolute Gasteiger partial charge is 0.123 e. The SMILES string of the molecule is CC(C)C(CO)N(C)Cc1ccc(F)cc1. The van der Waals surface area contributed by atoms with Crippen molar-refractivity contribution < 1.29 is 9.50 Å². The molecule has 0 fully saturated rings. The van der Waals surface area contributed by atoms with Gasteiger partial charge >= 0.3 is 0 Å². The lowest BCUT2D eigenvalue weighted by Crippen LogP contribution is -2.38. The number of hydrogen-bond donors (Lipinski definition) is 1. The van der Waals surface area contributed by atoms with Gasteiger partial charge in [-0.25, -0.2) is 4.39 Å². The topological polar surface area (TPSA) is 23.5 Å². The van der Waals surface area contributed by atoms with Gasteiger partial charge in [0.05, 0.1) is 6.61 Å². The maximum absolute atomic E-state index is 12.7. The van der Waals surface area contributed by atoms with Crippen molar-refractivity contribution in [2.75, 3.05) is 13.7 Å². The number of aliphatic hydroxyl groups excluding tert-OH is 1. The van der Waals surface area contributed by atoms with Crippen LogP contribution >= 0.6 is 0 Å². The maximum atomic E-state index is 12.7. The van der Waals surface area contributed by atoms with E-state index in [1.807, 2.05) is 7.05 Å². The van der Waals surface area contributed by atoms with Gasteiger partial charge < -0.3 is 5.11 Å². The average Bonchev–Trinajstić information content (AvgIpc) is 2.22. The van der Waals surface area contributed by atoms with Gasteiger partial charge in [-0.1, -0.05) is 26.0 Å². The normalized spacial score (nSPS) is 13.4. The lowest BCUT2D eigenvalue weighted by molar-refractivity contribution is 0.108. The second kappa shape index (κ2) is 5.97. The molecule has 0 heterocycles. The Balaban J connectivity index is 2.62. The van der Waals surface area contributed by atoms with Gasteiger partial charge in [-0.05, 0) is 30.7 Å². The molecular formula is C13H20FNO. The molecule has 0 radical (unpaired) electrons.